The molecule has 0 fully saturated rings. The molecule has 0 bridgehead atoms. The van der Waals surface area contributed by atoms with Gasteiger partial charge < -0.3 is 14.8 Å². The third-order valence-corrected chi connectivity index (χ3v) is 3.31. The Morgan fingerprint density at radius 2 is 1.75 bits per heavy atom. The molecule has 0 saturated carbocycles. The zero-order valence-electron chi connectivity index (χ0n) is 13.4. The lowest BCUT2D eigenvalue weighted by molar-refractivity contribution is 0.0600. The van der Waals surface area contributed by atoms with E-state index >= 15 is 0 Å². The fourth-order valence-electron chi connectivity index (χ4n) is 1.94. The van der Waals surface area contributed by atoms with Crippen LogP contribution in [0.5, 0.6) is 5.75 Å². The highest BCUT2D eigenvalue weighted by Gasteiger charge is 2.09. The Kier molecular flexibility index (Phi) is 8.16. The molecule has 2 aromatic rings. The van der Waals surface area contributed by atoms with E-state index in [0.29, 0.717) is 16.3 Å². The van der Waals surface area contributed by atoms with Crippen LogP contribution in [0, 0.1) is 0 Å². The number of hydrogen-bond donors (Lipinski definition) is 1. The van der Waals surface area contributed by atoms with Crippen molar-refractivity contribution in [2.75, 3.05) is 12.4 Å². The number of nitrogens with one attached hydrogen (secondary N) is 1. The quantitative estimate of drug-likeness (QED) is 0.446. The minimum absolute atomic E-state index is 0. The van der Waals surface area contributed by atoms with E-state index < -0.39 is 0 Å². The minimum atomic E-state index is -0.374. The van der Waals surface area contributed by atoms with Gasteiger partial charge in [-0.1, -0.05) is 17.7 Å². The van der Waals surface area contributed by atoms with Crippen molar-refractivity contribution in [1.29, 1.82) is 0 Å². The lowest BCUT2D eigenvalue weighted by Crippen LogP contribution is -2.23. The number of methoxy groups -OCH3 is 1. The summed E-state index contributed by atoms with van der Waals surface area (Å²) in [6.45, 7) is 1.92. The Balaban J connectivity index is 0.00000288. The first-order valence-electron chi connectivity index (χ1n) is 7.12. The maximum Gasteiger partial charge on any atom is 0.337 e. The molecule has 24 heavy (non-hydrogen) atoms. The van der Waals surface area contributed by atoms with Crippen LogP contribution in [0.3, 0.4) is 0 Å². The molecule has 4 nitrogen and oxygen atoms in total. The summed E-state index contributed by atoms with van der Waals surface area (Å²) in [5, 5.41) is 3.92. The first-order chi connectivity index (χ1) is 11.1. The third-order valence-electron chi connectivity index (χ3n) is 3.06. The van der Waals surface area contributed by atoms with Gasteiger partial charge in [-0.3, -0.25) is 0 Å². The summed E-state index contributed by atoms with van der Waals surface area (Å²) in [5.74, 6) is 0.267. The smallest absolute Gasteiger partial charge is 0.337 e. The van der Waals surface area contributed by atoms with Gasteiger partial charge in [0.1, 0.15) is 5.75 Å². The van der Waals surface area contributed by atoms with Crippen molar-refractivity contribution in [2.45, 2.75) is 13.2 Å². The van der Waals surface area contributed by atoms with Gasteiger partial charge in [-0.15, -0.1) is 12.4 Å². The molecule has 0 spiro atoms. The topological polar surface area (TPSA) is 47.6 Å². The van der Waals surface area contributed by atoms with Crippen molar-refractivity contribution in [3.05, 3.63) is 71.3 Å². The van der Waals surface area contributed by atoms with Crippen LogP contribution in [0.2, 0.25) is 5.02 Å². The Hall–Kier alpha value is -2.17. The average Bonchev–Trinajstić information content (AvgIpc) is 2.57. The van der Waals surface area contributed by atoms with E-state index in [0.717, 1.165) is 5.69 Å². The Bertz CT molecular complexity index is 670. The fourth-order valence-corrected chi connectivity index (χ4v) is 2.06. The largest absolute Gasteiger partial charge is 0.467 e. The molecule has 0 aliphatic carbocycles. The van der Waals surface area contributed by atoms with E-state index in [1.807, 2.05) is 43.3 Å². The van der Waals surface area contributed by atoms with Crippen LogP contribution in [0.1, 0.15) is 17.3 Å². The zero-order chi connectivity index (χ0) is 16.7. The molecular formula is C18H19Cl2NO3. The van der Waals surface area contributed by atoms with Crippen LogP contribution in [0.4, 0.5) is 5.69 Å². The number of carbonyl (C=O) groups excluding carboxylic acids is 1. The average molecular weight is 368 g/mol. The summed E-state index contributed by atoms with van der Waals surface area (Å²) in [7, 11) is 1.35. The molecule has 0 aromatic heterocycles. The van der Waals surface area contributed by atoms with E-state index in [1.54, 1.807) is 24.3 Å². The lowest BCUT2D eigenvalue weighted by atomic mass is 10.2. The van der Waals surface area contributed by atoms with Crippen molar-refractivity contribution < 1.29 is 14.3 Å². The standard InChI is InChI=1S/C18H18ClNO3.ClH/c1-3-4-17(20-15-9-7-14(19)8-10-15)23-16-11-5-13(6-12-16)18(21)22-2;/h3-12,17,20H,1-2H3;1H. The van der Waals surface area contributed by atoms with E-state index in [2.05, 4.69) is 10.1 Å². The molecule has 0 amide bonds. The summed E-state index contributed by atoms with van der Waals surface area (Å²) in [6, 6.07) is 14.2. The highest BCUT2D eigenvalue weighted by Crippen LogP contribution is 2.18. The number of benzene rings is 2. The van der Waals surface area contributed by atoms with Gasteiger partial charge in [0.2, 0.25) is 0 Å². The molecule has 1 atom stereocenters. The maximum atomic E-state index is 11.4. The van der Waals surface area contributed by atoms with Gasteiger partial charge in [-0.25, -0.2) is 4.79 Å². The SMILES string of the molecule is CC=CC(Nc1ccc(Cl)cc1)Oc1ccc(C(=O)OC)cc1.Cl. The van der Waals surface area contributed by atoms with Crippen LogP contribution in [-0.2, 0) is 4.74 Å². The normalized spacial score (nSPS) is 11.5. The van der Waals surface area contributed by atoms with E-state index in [1.165, 1.54) is 7.11 Å². The number of esters is 1. The highest BCUT2D eigenvalue weighted by molar-refractivity contribution is 6.30. The molecular weight excluding hydrogens is 349 g/mol. The Morgan fingerprint density at radius 3 is 2.29 bits per heavy atom. The van der Waals surface area contributed by atoms with Crippen molar-refractivity contribution in [3.8, 4) is 5.75 Å². The van der Waals surface area contributed by atoms with Crippen molar-refractivity contribution in [2.24, 2.45) is 0 Å². The summed E-state index contributed by atoms with van der Waals surface area (Å²) in [4.78, 5) is 11.4. The van der Waals surface area contributed by atoms with Crippen molar-refractivity contribution in [3.63, 3.8) is 0 Å². The van der Waals surface area contributed by atoms with Crippen LogP contribution >= 0.6 is 24.0 Å². The van der Waals surface area contributed by atoms with Gasteiger partial charge in [0, 0.05) is 10.7 Å². The van der Waals surface area contributed by atoms with Gasteiger partial charge in [-0.2, -0.15) is 0 Å². The molecule has 1 N–H and O–H groups in total. The van der Waals surface area contributed by atoms with Gasteiger partial charge in [0.25, 0.3) is 0 Å². The molecule has 2 aromatic carbocycles. The number of carbonyl (C=O) groups is 1. The molecule has 0 heterocycles. The number of anilines is 1. The summed E-state index contributed by atoms with van der Waals surface area (Å²) >= 11 is 5.88. The summed E-state index contributed by atoms with van der Waals surface area (Å²) in [5.41, 5.74) is 1.37. The molecule has 0 radical (unpaired) electrons. The molecule has 6 heteroatoms. The van der Waals surface area contributed by atoms with E-state index in [4.69, 9.17) is 16.3 Å². The molecule has 1 unspecified atom stereocenters. The number of ether oxygens (including phenoxy) is 2. The fraction of sp³-hybridized carbons (Fsp3) is 0.167. The van der Waals surface area contributed by atoms with Gasteiger partial charge >= 0.3 is 5.97 Å². The van der Waals surface area contributed by atoms with Crippen LogP contribution in [-0.4, -0.2) is 19.3 Å². The predicted molar refractivity (Wildman–Crippen MR) is 99.3 cm³/mol. The molecule has 0 aliphatic heterocycles. The second-order valence-electron chi connectivity index (χ2n) is 4.73. The second-order valence-corrected chi connectivity index (χ2v) is 5.17. The number of rotatable bonds is 6. The first kappa shape index (κ1) is 19.9. The molecule has 0 saturated heterocycles. The van der Waals surface area contributed by atoms with Crippen LogP contribution in [0.15, 0.2) is 60.7 Å². The summed E-state index contributed by atoms with van der Waals surface area (Å²) < 4.78 is 10.5. The van der Waals surface area contributed by atoms with E-state index in [-0.39, 0.29) is 24.6 Å². The first-order valence-corrected chi connectivity index (χ1v) is 7.50. The Morgan fingerprint density at radius 1 is 1.12 bits per heavy atom. The Labute approximate surface area is 152 Å². The zero-order valence-corrected chi connectivity index (χ0v) is 14.9. The van der Waals surface area contributed by atoms with Gasteiger partial charge in [0.05, 0.1) is 12.7 Å². The van der Waals surface area contributed by atoms with Crippen LogP contribution in [0.25, 0.3) is 0 Å². The molecule has 128 valence electrons. The highest BCUT2D eigenvalue weighted by atomic mass is 35.5. The number of halogens is 2. The molecule has 2 rings (SSSR count). The second kappa shape index (κ2) is 9.85. The van der Waals surface area contributed by atoms with Gasteiger partial charge in [-0.05, 0) is 61.5 Å². The number of allylic oxidation sites excluding steroid dienone is 1. The predicted octanol–water partition coefficient (Wildman–Crippen LogP) is 4.94. The third kappa shape index (κ3) is 5.80. The monoisotopic (exact) mass is 367 g/mol. The van der Waals surface area contributed by atoms with Crippen molar-refractivity contribution >= 4 is 35.7 Å². The van der Waals surface area contributed by atoms with E-state index in [9.17, 15) is 4.79 Å². The number of hydrogen-bond acceptors (Lipinski definition) is 4. The lowest BCUT2D eigenvalue weighted by Gasteiger charge is -2.18. The molecule has 0 aliphatic rings. The summed E-state index contributed by atoms with van der Waals surface area (Å²) in [6.07, 6.45) is 3.45. The maximum absolute atomic E-state index is 11.4. The minimum Gasteiger partial charge on any atom is -0.467 e. The van der Waals surface area contributed by atoms with Crippen LogP contribution < -0.4 is 10.1 Å². The van der Waals surface area contributed by atoms with Gasteiger partial charge in [0.15, 0.2) is 6.23 Å². The van der Waals surface area contributed by atoms with Crippen molar-refractivity contribution in [1.82, 2.24) is 0 Å².